The zero-order valence-corrected chi connectivity index (χ0v) is 9.56. The second kappa shape index (κ2) is 5.68. The number of hydrogen-bond donors (Lipinski definition) is 2. The van der Waals surface area contributed by atoms with Gasteiger partial charge in [0.1, 0.15) is 5.78 Å². The lowest BCUT2D eigenvalue weighted by molar-refractivity contribution is -0.147. The maximum atomic E-state index is 12.5. The van der Waals surface area contributed by atoms with E-state index in [1.54, 1.807) is 0 Å². The Kier molecular flexibility index (Phi) is 4.49. The van der Waals surface area contributed by atoms with Crippen molar-refractivity contribution in [1.82, 2.24) is 0 Å². The molecule has 98 valence electrons. The van der Waals surface area contributed by atoms with Gasteiger partial charge in [0.15, 0.2) is 6.10 Å². The fourth-order valence-corrected chi connectivity index (χ4v) is 1.57. The Bertz CT molecular complexity index is 471. The number of carbonyl (C=O) groups is 2. The molecule has 0 bridgehead atoms. The zero-order chi connectivity index (χ0) is 13.9. The summed E-state index contributed by atoms with van der Waals surface area (Å²) in [7, 11) is 0. The number of alkyl halides is 2. The van der Waals surface area contributed by atoms with E-state index in [4.69, 9.17) is 5.11 Å². The molecule has 0 aliphatic heterocycles. The highest BCUT2D eigenvalue weighted by Gasteiger charge is 2.22. The first kappa shape index (κ1) is 14.2. The minimum Gasteiger partial charge on any atom is -0.479 e. The van der Waals surface area contributed by atoms with Crippen molar-refractivity contribution in [2.75, 3.05) is 0 Å². The Morgan fingerprint density at radius 3 is 2.39 bits per heavy atom. The van der Waals surface area contributed by atoms with Gasteiger partial charge < -0.3 is 10.2 Å². The summed E-state index contributed by atoms with van der Waals surface area (Å²) in [5, 5.41) is 18.1. The average molecular weight is 258 g/mol. The molecule has 0 aliphatic rings. The summed E-state index contributed by atoms with van der Waals surface area (Å²) in [6.07, 6.45) is -4.79. The number of halogens is 2. The Hall–Kier alpha value is -1.82. The van der Waals surface area contributed by atoms with E-state index in [1.165, 1.54) is 13.0 Å². The molecule has 0 saturated carbocycles. The number of carboxylic acid groups (broad SMARTS) is 1. The van der Waals surface area contributed by atoms with E-state index in [2.05, 4.69) is 0 Å². The molecule has 0 fully saturated rings. The maximum Gasteiger partial charge on any atom is 0.337 e. The van der Waals surface area contributed by atoms with Gasteiger partial charge in [0.05, 0.1) is 0 Å². The van der Waals surface area contributed by atoms with Crippen LogP contribution in [-0.4, -0.2) is 22.0 Å². The van der Waals surface area contributed by atoms with Gasteiger partial charge >= 0.3 is 5.97 Å². The third-order valence-corrected chi connectivity index (χ3v) is 2.39. The van der Waals surface area contributed by atoms with Gasteiger partial charge in [0, 0.05) is 12.0 Å². The number of carbonyl (C=O) groups excluding carboxylic acids is 1. The van der Waals surface area contributed by atoms with Crippen molar-refractivity contribution in [1.29, 1.82) is 0 Å². The molecule has 6 heteroatoms. The van der Waals surface area contributed by atoms with Gasteiger partial charge in [-0.05, 0) is 24.1 Å². The molecule has 0 aromatic heterocycles. The monoisotopic (exact) mass is 258 g/mol. The van der Waals surface area contributed by atoms with Crippen molar-refractivity contribution >= 4 is 11.8 Å². The lowest BCUT2D eigenvalue weighted by Gasteiger charge is -2.13. The number of aliphatic carboxylic acids is 1. The fraction of sp³-hybridized carbons (Fsp3) is 0.333. The number of hydrogen-bond acceptors (Lipinski definition) is 3. The van der Waals surface area contributed by atoms with Crippen LogP contribution in [0.25, 0.3) is 0 Å². The Balaban J connectivity index is 3.25. The first-order valence-corrected chi connectivity index (χ1v) is 5.14. The summed E-state index contributed by atoms with van der Waals surface area (Å²) in [4.78, 5) is 21.7. The van der Waals surface area contributed by atoms with Crippen LogP contribution in [0.4, 0.5) is 8.78 Å². The van der Waals surface area contributed by atoms with Gasteiger partial charge in [0.25, 0.3) is 6.43 Å². The highest BCUT2D eigenvalue weighted by Crippen LogP contribution is 2.26. The van der Waals surface area contributed by atoms with Crippen molar-refractivity contribution in [3.63, 3.8) is 0 Å². The molecular formula is C12H12F2O4. The lowest BCUT2D eigenvalue weighted by Crippen LogP contribution is -2.14. The standard InChI is InChI=1S/C12H12F2O4/c1-6(15)4-7-2-3-8(11(13)14)5-9(7)10(16)12(17)18/h2-3,5,10-11,16H,4H2,1H3,(H,17,18). The zero-order valence-electron chi connectivity index (χ0n) is 9.56. The third-order valence-electron chi connectivity index (χ3n) is 2.39. The Labute approximate surface area is 102 Å². The van der Waals surface area contributed by atoms with Gasteiger partial charge in [0.2, 0.25) is 0 Å². The number of benzene rings is 1. The molecule has 4 nitrogen and oxygen atoms in total. The van der Waals surface area contributed by atoms with Crippen LogP contribution in [0.2, 0.25) is 0 Å². The van der Waals surface area contributed by atoms with E-state index >= 15 is 0 Å². The molecule has 1 aromatic rings. The Morgan fingerprint density at radius 2 is 1.94 bits per heavy atom. The summed E-state index contributed by atoms with van der Waals surface area (Å²) < 4.78 is 25.0. The van der Waals surface area contributed by atoms with Gasteiger partial charge in [-0.1, -0.05) is 12.1 Å². The largest absolute Gasteiger partial charge is 0.479 e. The molecule has 1 aromatic carbocycles. The van der Waals surface area contributed by atoms with E-state index < -0.39 is 24.1 Å². The molecule has 2 N–H and O–H groups in total. The highest BCUT2D eigenvalue weighted by molar-refractivity contribution is 5.80. The molecule has 0 radical (unpaired) electrons. The number of aliphatic hydroxyl groups is 1. The van der Waals surface area contributed by atoms with Crippen LogP contribution in [0.5, 0.6) is 0 Å². The van der Waals surface area contributed by atoms with Crippen molar-refractivity contribution in [3.8, 4) is 0 Å². The second-order valence-corrected chi connectivity index (χ2v) is 3.88. The highest BCUT2D eigenvalue weighted by atomic mass is 19.3. The average Bonchev–Trinajstić information content (AvgIpc) is 2.27. The van der Waals surface area contributed by atoms with Crippen LogP contribution in [0.3, 0.4) is 0 Å². The second-order valence-electron chi connectivity index (χ2n) is 3.88. The summed E-state index contributed by atoms with van der Waals surface area (Å²) in [6.45, 7) is 1.29. The molecule has 0 amide bonds. The number of rotatable bonds is 5. The van der Waals surface area contributed by atoms with Gasteiger partial charge in [-0.15, -0.1) is 0 Å². The first-order valence-electron chi connectivity index (χ1n) is 5.14. The van der Waals surface area contributed by atoms with E-state index in [9.17, 15) is 23.5 Å². The first-order chi connectivity index (χ1) is 8.32. The van der Waals surface area contributed by atoms with Crippen molar-refractivity contribution in [3.05, 3.63) is 34.9 Å². The summed E-state index contributed by atoms with van der Waals surface area (Å²) >= 11 is 0. The van der Waals surface area contributed by atoms with Crippen LogP contribution in [0, 0.1) is 0 Å². The smallest absolute Gasteiger partial charge is 0.337 e. The summed E-state index contributed by atoms with van der Waals surface area (Å²) in [6, 6.07) is 3.27. The maximum absolute atomic E-state index is 12.5. The van der Waals surface area contributed by atoms with Crippen molar-refractivity contribution < 1.29 is 28.6 Å². The molecule has 0 aliphatic carbocycles. The molecule has 18 heavy (non-hydrogen) atoms. The molecule has 0 spiro atoms. The van der Waals surface area contributed by atoms with Crippen molar-refractivity contribution in [2.24, 2.45) is 0 Å². The van der Waals surface area contributed by atoms with Crippen LogP contribution >= 0.6 is 0 Å². The SMILES string of the molecule is CC(=O)Cc1ccc(C(F)F)cc1C(O)C(=O)O. The topological polar surface area (TPSA) is 74.6 Å². The van der Waals surface area contributed by atoms with Crippen molar-refractivity contribution in [2.45, 2.75) is 25.9 Å². The van der Waals surface area contributed by atoms with Crippen LogP contribution in [-0.2, 0) is 16.0 Å². The summed E-state index contributed by atoms with van der Waals surface area (Å²) in [5.74, 6) is -1.80. The molecule has 1 rings (SSSR count). The van der Waals surface area contributed by atoms with Gasteiger partial charge in [-0.2, -0.15) is 0 Å². The minimum atomic E-state index is -2.77. The predicted octanol–water partition coefficient (Wildman–Crippen LogP) is 1.87. The molecule has 1 atom stereocenters. The number of ketones is 1. The quantitative estimate of drug-likeness (QED) is 0.845. The predicted molar refractivity (Wildman–Crippen MR) is 58.4 cm³/mol. The molecular weight excluding hydrogens is 246 g/mol. The van der Waals surface area contributed by atoms with Crippen LogP contribution in [0.15, 0.2) is 18.2 Å². The molecule has 0 saturated heterocycles. The minimum absolute atomic E-state index is 0.108. The molecule has 0 heterocycles. The Morgan fingerprint density at radius 1 is 1.33 bits per heavy atom. The van der Waals surface area contributed by atoms with E-state index in [0.717, 1.165) is 12.1 Å². The van der Waals surface area contributed by atoms with E-state index in [1.807, 2.05) is 0 Å². The number of aliphatic hydroxyl groups excluding tert-OH is 1. The lowest BCUT2D eigenvalue weighted by atomic mass is 9.96. The number of carboxylic acids is 1. The van der Waals surface area contributed by atoms with Crippen LogP contribution in [0.1, 0.15) is 36.1 Å². The fourth-order valence-electron chi connectivity index (χ4n) is 1.57. The third kappa shape index (κ3) is 3.33. The van der Waals surface area contributed by atoms with Crippen LogP contribution < -0.4 is 0 Å². The molecule has 1 unspecified atom stereocenters. The summed E-state index contributed by atoms with van der Waals surface area (Å²) in [5.41, 5.74) is -0.324. The van der Waals surface area contributed by atoms with Gasteiger partial charge in [-0.25, -0.2) is 13.6 Å². The normalized spacial score (nSPS) is 12.5. The number of Topliss-reactive ketones (excluding diaryl/α,β-unsaturated/α-hetero) is 1. The van der Waals surface area contributed by atoms with E-state index in [-0.39, 0.29) is 23.3 Å². The van der Waals surface area contributed by atoms with E-state index in [0.29, 0.717) is 0 Å². The van der Waals surface area contributed by atoms with Gasteiger partial charge in [-0.3, -0.25) is 4.79 Å².